The highest BCUT2D eigenvalue weighted by atomic mass is 19.4. The molecule has 200 valence electrons. The second-order valence-electron chi connectivity index (χ2n) is 9.31. The molecule has 0 N–H and O–H groups in total. The molecule has 0 amide bonds. The quantitative estimate of drug-likeness (QED) is 0.195. The van der Waals surface area contributed by atoms with Gasteiger partial charge in [0.15, 0.2) is 0 Å². The molecule has 1 fully saturated rings. The normalized spacial score (nSPS) is 14.8. The number of carbonyl (C=O) groups excluding carboxylic acids is 3. The molecular formula is C28H27F3N2O5. The number of carbonyl (C=O) groups is 3. The van der Waals surface area contributed by atoms with E-state index >= 15 is 0 Å². The van der Waals surface area contributed by atoms with Gasteiger partial charge in [-0.2, -0.15) is 13.2 Å². The number of aromatic nitrogens is 1. The Morgan fingerprint density at radius 3 is 2.42 bits per heavy atom. The maximum absolute atomic E-state index is 12.3. The number of esters is 2. The van der Waals surface area contributed by atoms with Crippen molar-refractivity contribution in [2.45, 2.75) is 44.8 Å². The van der Waals surface area contributed by atoms with Crippen molar-refractivity contribution in [1.82, 2.24) is 9.88 Å². The molecule has 1 aromatic heterocycles. The van der Waals surface area contributed by atoms with Gasteiger partial charge in [0.1, 0.15) is 0 Å². The molecule has 0 radical (unpaired) electrons. The number of likely N-dealkylation sites (tertiary alicyclic amines) is 1. The minimum Gasteiger partial charge on any atom is -0.427 e. The van der Waals surface area contributed by atoms with E-state index in [1.165, 1.54) is 16.7 Å². The minimum atomic E-state index is -5.32. The predicted molar refractivity (Wildman–Crippen MR) is 131 cm³/mol. The van der Waals surface area contributed by atoms with E-state index in [0.717, 1.165) is 45.1 Å². The first-order valence-electron chi connectivity index (χ1n) is 12.4. The zero-order chi connectivity index (χ0) is 27.1. The van der Waals surface area contributed by atoms with Gasteiger partial charge >= 0.3 is 18.1 Å². The zero-order valence-corrected chi connectivity index (χ0v) is 20.6. The maximum atomic E-state index is 12.3. The molecule has 2 heterocycles. The number of hydrogen-bond acceptors (Lipinski definition) is 7. The van der Waals surface area contributed by atoms with Crippen LogP contribution < -0.4 is 0 Å². The van der Waals surface area contributed by atoms with Crippen molar-refractivity contribution in [1.29, 1.82) is 0 Å². The van der Waals surface area contributed by atoms with Gasteiger partial charge in [0.2, 0.25) is 11.5 Å². The largest absolute Gasteiger partial charge is 0.491 e. The van der Waals surface area contributed by atoms with E-state index in [1.807, 2.05) is 18.2 Å². The number of oxazole rings is 1. The second kappa shape index (κ2) is 12.2. The summed E-state index contributed by atoms with van der Waals surface area (Å²) in [7, 11) is 0. The van der Waals surface area contributed by atoms with Gasteiger partial charge in [-0.25, -0.2) is 14.6 Å². The lowest BCUT2D eigenvalue weighted by Gasteiger charge is -2.32. The molecule has 1 aliphatic rings. The van der Waals surface area contributed by atoms with Crippen molar-refractivity contribution >= 4 is 17.7 Å². The van der Waals surface area contributed by atoms with Crippen molar-refractivity contribution in [2.75, 3.05) is 13.1 Å². The third-order valence-corrected chi connectivity index (χ3v) is 6.53. The van der Waals surface area contributed by atoms with Crippen LogP contribution in [0.3, 0.4) is 0 Å². The Hall–Kier alpha value is -3.79. The SMILES string of the molecule is O=C(OC(=O)C(F)(F)F)c1cnc(C(=O)CCCC2CCN(Cc3cccc(-c4ccccc4)c3)CC2)o1. The average molecular weight is 529 g/mol. The minimum absolute atomic E-state index is 0.128. The molecule has 2 aromatic carbocycles. The van der Waals surface area contributed by atoms with Gasteiger partial charge in [-0.15, -0.1) is 0 Å². The van der Waals surface area contributed by atoms with E-state index in [4.69, 9.17) is 4.42 Å². The van der Waals surface area contributed by atoms with Crippen LogP contribution in [0.25, 0.3) is 11.1 Å². The van der Waals surface area contributed by atoms with Gasteiger partial charge in [-0.05, 0) is 67.4 Å². The smallest absolute Gasteiger partial charge is 0.427 e. The number of ether oxygens (including phenoxy) is 1. The van der Waals surface area contributed by atoms with E-state index in [1.54, 1.807) is 0 Å². The summed E-state index contributed by atoms with van der Waals surface area (Å²) in [6.07, 6.45) is -0.939. The molecule has 4 rings (SSSR count). The van der Waals surface area contributed by atoms with Gasteiger partial charge < -0.3 is 9.15 Å². The number of benzene rings is 2. The average Bonchev–Trinajstić information content (AvgIpc) is 3.41. The lowest BCUT2D eigenvalue weighted by atomic mass is 9.91. The van der Waals surface area contributed by atoms with Crippen molar-refractivity contribution in [3.63, 3.8) is 0 Å². The number of ketones is 1. The fourth-order valence-electron chi connectivity index (χ4n) is 4.52. The summed E-state index contributed by atoms with van der Waals surface area (Å²) in [5.74, 6) is -5.45. The van der Waals surface area contributed by atoms with Crippen LogP contribution >= 0.6 is 0 Å². The summed E-state index contributed by atoms with van der Waals surface area (Å²) in [6.45, 7) is 2.82. The first-order valence-corrected chi connectivity index (χ1v) is 12.4. The van der Waals surface area contributed by atoms with Gasteiger partial charge in [0.05, 0.1) is 6.20 Å². The highest BCUT2D eigenvalue weighted by molar-refractivity contribution is 5.97. The zero-order valence-electron chi connectivity index (χ0n) is 20.6. The maximum Gasteiger partial charge on any atom is 0.491 e. The third-order valence-electron chi connectivity index (χ3n) is 6.53. The predicted octanol–water partition coefficient (Wildman–Crippen LogP) is 5.85. The Morgan fingerprint density at radius 2 is 1.71 bits per heavy atom. The lowest BCUT2D eigenvalue weighted by Crippen LogP contribution is -2.33. The molecular weight excluding hydrogens is 501 g/mol. The summed E-state index contributed by atoms with van der Waals surface area (Å²) >= 11 is 0. The van der Waals surface area contributed by atoms with Crippen molar-refractivity contribution in [2.24, 2.45) is 5.92 Å². The molecule has 10 heteroatoms. The number of Topliss-reactive ketones (excluding diaryl/α,β-unsaturated/α-hetero) is 1. The summed E-state index contributed by atoms with van der Waals surface area (Å²) in [5, 5.41) is 0. The Kier molecular flexibility index (Phi) is 8.73. The molecule has 0 atom stereocenters. The van der Waals surface area contributed by atoms with Crippen LogP contribution in [-0.4, -0.2) is 46.9 Å². The van der Waals surface area contributed by atoms with E-state index in [0.29, 0.717) is 12.3 Å². The Morgan fingerprint density at radius 1 is 1.00 bits per heavy atom. The fourth-order valence-corrected chi connectivity index (χ4v) is 4.52. The van der Waals surface area contributed by atoms with Crippen LogP contribution in [0.1, 0.15) is 58.9 Å². The molecule has 1 saturated heterocycles. The van der Waals surface area contributed by atoms with E-state index in [-0.39, 0.29) is 6.42 Å². The monoisotopic (exact) mass is 528 g/mol. The number of piperidine rings is 1. The van der Waals surface area contributed by atoms with Crippen LogP contribution in [0.15, 0.2) is 65.2 Å². The number of hydrogen-bond donors (Lipinski definition) is 0. The Bertz CT molecular complexity index is 1260. The molecule has 0 unspecified atom stereocenters. The number of alkyl halides is 3. The van der Waals surface area contributed by atoms with E-state index in [2.05, 4.69) is 51.0 Å². The van der Waals surface area contributed by atoms with Crippen LogP contribution in [0.4, 0.5) is 13.2 Å². The lowest BCUT2D eigenvalue weighted by molar-refractivity contribution is -0.193. The third kappa shape index (κ3) is 7.38. The van der Waals surface area contributed by atoms with Gasteiger partial charge in [-0.1, -0.05) is 48.5 Å². The first-order chi connectivity index (χ1) is 18.2. The summed E-state index contributed by atoms with van der Waals surface area (Å²) in [4.78, 5) is 40.7. The Balaban J connectivity index is 1.18. The molecule has 0 bridgehead atoms. The van der Waals surface area contributed by atoms with Crippen LogP contribution in [0, 0.1) is 5.92 Å². The van der Waals surface area contributed by atoms with Gasteiger partial charge in [0, 0.05) is 13.0 Å². The van der Waals surface area contributed by atoms with Crippen LogP contribution in [0.5, 0.6) is 0 Å². The molecule has 0 saturated carbocycles. The molecule has 3 aromatic rings. The van der Waals surface area contributed by atoms with Crippen molar-refractivity contribution < 1.29 is 36.7 Å². The Labute approximate surface area is 217 Å². The molecule has 38 heavy (non-hydrogen) atoms. The van der Waals surface area contributed by atoms with Crippen LogP contribution in [0.2, 0.25) is 0 Å². The highest BCUT2D eigenvalue weighted by Crippen LogP contribution is 2.26. The van der Waals surface area contributed by atoms with E-state index in [9.17, 15) is 27.6 Å². The van der Waals surface area contributed by atoms with Crippen LogP contribution in [-0.2, 0) is 16.1 Å². The summed E-state index contributed by atoms with van der Waals surface area (Å²) < 4.78 is 45.2. The summed E-state index contributed by atoms with van der Waals surface area (Å²) in [5.41, 5.74) is 3.67. The molecule has 1 aliphatic heterocycles. The topological polar surface area (TPSA) is 89.7 Å². The molecule has 7 nitrogen and oxygen atoms in total. The molecule has 0 spiro atoms. The second-order valence-corrected chi connectivity index (χ2v) is 9.31. The van der Waals surface area contributed by atoms with E-state index < -0.39 is 35.5 Å². The highest BCUT2D eigenvalue weighted by Gasteiger charge is 2.43. The standard InChI is InChI=1S/C28H27F3N2O5/c29-28(30,31)27(36)38-26(35)24-17-32-25(37-24)23(34)11-5-6-19-12-14-33(15-13-19)18-20-7-4-10-22(16-20)21-8-2-1-3-9-21/h1-4,7-10,16-17,19H,5-6,11-15,18H2. The van der Waals surface area contributed by atoms with Gasteiger partial charge in [0.25, 0.3) is 5.89 Å². The number of halogens is 3. The number of nitrogens with zero attached hydrogens (tertiary/aromatic N) is 2. The molecule has 0 aliphatic carbocycles. The first kappa shape index (κ1) is 27.3. The fraction of sp³-hybridized carbons (Fsp3) is 0.357. The van der Waals surface area contributed by atoms with Crippen molar-refractivity contribution in [3.8, 4) is 11.1 Å². The van der Waals surface area contributed by atoms with Crippen molar-refractivity contribution in [3.05, 3.63) is 78.0 Å². The number of rotatable bonds is 9. The summed E-state index contributed by atoms with van der Waals surface area (Å²) in [6, 6.07) is 18.9. The van der Waals surface area contributed by atoms with Gasteiger partial charge in [-0.3, -0.25) is 9.69 Å².